The van der Waals surface area contributed by atoms with Crippen LogP contribution in [0.4, 0.5) is 0 Å². The minimum atomic E-state index is -3.31. The molecular formula is C28H28Cl2N2O2S. The summed E-state index contributed by atoms with van der Waals surface area (Å²) in [5.74, 6) is 0.250. The Morgan fingerprint density at radius 3 is 2.06 bits per heavy atom. The maximum absolute atomic E-state index is 12.6. The third kappa shape index (κ3) is 5.50. The Morgan fingerprint density at radius 2 is 1.54 bits per heavy atom. The molecule has 2 heterocycles. The monoisotopic (exact) mass is 526 g/mol. The molecule has 0 bridgehead atoms. The largest absolute Gasteiger partial charge is 0.316 e. The Hall–Kier alpha value is -2.15. The summed E-state index contributed by atoms with van der Waals surface area (Å²) in [6.45, 7) is 3.36. The van der Waals surface area contributed by atoms with Gasteiger partial charge in [-0.1, -0.05) is 65.7 Å². The van der Waals surface area contributed by atoms with E-state index < -0.39 is 9.84 Å². The third-order valence-corrected chi connectivity index (χ3v) is 8.51. The molecule has 1 atom stereocenters. The minimum Gasteiger partial charge on any atom is -0.316 e. The molecule has 2 aliphatic rings. The van der Waals surface area contributed by atoms with Crippen LogP contribution in [0.15, 0.2) is 77.2 Å². The summed E-state index contributed by atoms with van der Waals surface area (Å²) in [7, 11) is -3.31. The Balaban J connectivity index is 1.40. The number of nitrogens with one attached hydrogen (secondary N) is 1. The molecule has 0 amide bonds. The fourth-order valence-electron chi connectivity index (χ4n) is 5.11. The molecule has 3 aromatic rings. The van der Waals surface area contributed by atoms with E-state index in [9.17, 15) is 8.42 Å². The van der Waals surface area contributed by atoms with E-state index in [2.05, 4.69) is 40.6 Å². The van der Waals surface area contributed by atoms with Gasteiger partial charge in [0.15, 0.2) is 9.84 Å². The zero-order chi connectivity index (χ0) is 24.6. The number of rotatable bonds is 6. The van der Waals surface area contributed by atoms with Gasteiger partial charge in [-0.3, -0.25) is 4.90 Å². The highest BCUT2D eigenvalue weighted by Crippen LogP contribution is 2.36. The zero-order valence-electron chi connectivity index (χ0n) is 19.5. The number of halogens is 2. The molecule has 1 N–H and O–H groups in total. The van der Waals surface area contributed by atoms with Gasteiger partial charge in [0.1, 0.15) is 0 Å². The molecule has 0 spiro atoms. The van der Waals surface area contributed by atoms with E-state index in [1.165, 1.54) is 23.0 Å². The number of hydrogen-bond donors (Lipinski definition) is 1. The van der Waals surface area contributed by atoms with Gasteiger partial charge >= 0.3 is 0 Å². The molecule has 3 aromatic carbocycles. The predicted octanol–water partition coefficient (Wildman–Crippen LogP) is 5.96. The van der Waals surface area contributed by atoms with Gasteiger partial charge in [-0.05, 0) is 77.0 Å². The van der Waals surface area contributed by atoms with Crippen molar-refractivity contribution in [1.82, 2.24) is 10.2 Å². The van der Waals surface area contributed by atoms with Crippen molar-refractivity contribution in [2.75, 3.05) is 32.4 Å². The first-order chi connectivity index (χ1) is 16.8. The molecule has 0 saturated carbocycles. The van der Waals surface area contributed by atoms with Crippen LogP contribution in [0.5, 0.6) is 0 Å². The van der Waals surface area contributed by atoms with Gasteiger partial charge in [0.2, 0.25) is 0 Å². The second-order valence-corrected chi connectivity index (χ2v) is 12.3. The van der Waals surface area contributed by atoms with Crippen LogP contribution in [0.1, 0.15) is 40.6 Å². The lowest BCUT2D eigenvalue weighted by Gasteiger charge is -2.41. The fourth-order valence-corrected chi connectivity index (χ4v) is 6.37. The minimum absolute atomic E-state index is 0.0884. The molecular weight excluding hydrogens is 499 g/mol. The summed E-state index contributed by atoms with van der Waals surface area (Å²) in [6.07, 6.45) is 4.40. The summed E-state index contributed by atoms with van der Waals surface area (Å²) < 4.78 is 25.1. The first-order valence-corrected chi connectivity index (χ1v) is 14.4. The molecule has 7 heteroatoms. The molecule has 35 heavy (non-hydrogen) atoms. The van der Waals surface area contributed by atoms with E-state index >= 15 is 0 Å². The molecule has 5 rings (SSSR count). The van der Waals surface area contributed by atoms with Crippen molar-refractivity contribution in [2.24, 2.45) is 0 Å². The molecule has 4 nitrogen and oxygen atoms in total. The van der Waals surface area contributed by atoms with Crippen LogP contribution in [0.3, 0.4) is 0 Å². The van der Waals surface area contributed by atoms with Crippen molar-refractivity contribution in [3.8, 4) is 0 Å². The lowest BCUT2D eigenvalue weighted by Crippen LogP contribution is -2.43. The van der Waals surface area contributed by atoms with Gasteiger partial charge in [0.25, 0.3) is 0 Å². The lowest BCUT2D eigenvalue weighted by atomic mass is 9.92. The molecule has 0 radical (unpaired) electrons. The van der Waals surface area contributed by atoms with Crippen LogP contribution in [0, 0.1) is 0 Å². The SMILES string of the molecule is CS(=O)(=O)c1cc(C=C2CN(C(c3ccc(Cl)cc3)c3ccc(Cl)cc3)C2)ccc1C1CCNC1. The molecule has 182 valence electrons. The standard InChI is InChI=1S/C28H28Cl2N2O2S/c1-35(33,34)27-15-19(2-11-26(27)23-12-13-31-16-23)14-20-17-32(18-20)28(21-3-7-24(29)8-4-21)22-5-9-25(30)10-6-22/h2-11,14-15,23,28,31H,12-13,16-18H2,1H3. The predicted molar refractivity (Wildman–Crippen MR) is 144 cm³/mol. The highest BCUT2D eigenvalue weighted by atomic mass is 35.5. The van der Waals surface area contributed by atoms with Crippen LogP contribution in [-0.2, 0) is 9.84 Å². The molecule has 0 aromatic heterocycles. The summed E-state index contributed by atoms with van der Waals surface area (Å²) in [6, 6.07) is 21.9. The van der Waals surface area contributed by atoms with E-state index in [0.717, 1.165) is 43.7 Å². The molecule has 1 unspecified atom stereocenters. The topological polar surface area (TPSA) is 49.4 Å². The van der Waals surface area contributed by atoms with Crippen LogP contribution < -0.4 is 5.32 Å². The van der Waals surface area contributed by atoms with Gasteiger partial charge in [0, 0.05) is 35.9 Å². The summed E-state index contributed by atoms with van der Waals surface area (Å²) in [5, 5.41) is 4.76. The van der Waals surface area contributed by atoms with Gasteiger partial charge in [-0.15, -0.1) is 0 Å². The second-order valence-electron chi connectivity index (χ2n) is 9.47. The first kappa shape index (κ1) is 24.5. The third-order valence-electron chi connectivity index (χ3n) is 6.86. The molecule has 2 saturated heterocycles. The van der Waals surface area contributed by atoms with E-state index in [1.54, 1.807) is 0 Å². The van der Waals surface area contributed by atoms with E-state index in [-0.39, 0.29) is 12.0 Å². The normalized spacial score (nSPS) is 18.6. The second kappa shape index (κ2) is 10.1. The Bertz CT molecular complexity index is 1290. The van der Waals surface area contributed by atoms with E-state index in [0.29, 0.717) is 14.9 Å². The number of likely N-dealkylation sites (tertiary alicyclic amines) is 1. The Morgan fingerprint density at radius 1 is 0.943 bits per heavy atom. The average Bonchev–Trinajstić information content (AvgIpc) is 3.34. The van der Waals surface area contributed by atoms with Crippen molar-refractivity contribution in [3.63, 3.8) is 0 Å². The first-order valence-electron chi connectivity index (χ1n) is 11.8. The number of benzene rings is 3. The summed E-state index contributed by atoms with van der Waals surface area (Å²) in [4.78, 5) is 2.85. The van der Waals surface area contributed by atoms with Gasteiger partial charge in [0.05, 0.1) is 10.9 Å². The lowest BCUT2D eigenvalue weighted by molar-refractivity contribution is 0.203. The van der Waals surface area contributed by atoms with Crippen molar-refractivity contribution < 1.29 is 8.42 Å². The summed E-state index contributed by atoms with van der Waals surface area (Å²) in [5.41, 5.74) is 5.48. The van der Waals surface area contributed by atoms with Crippen LogP contribution in [0.2, 0.25) is 10.0 Å². The van der Waals surface area contributed by atoms with Gasteiger partial charge < -0.3 is 5.32 Å². The van der Waals surface area contributed by atoms with E-state index in [4.69, 9.17) is 23.2 Å². The molecule has 0 aliphatic carbocycles. The smallest absolute Gasteiger partial charge is 0.175 e. The number of sulfone groups is 1. The van der Waals surface area contributed by atoms with Crippen molar-refractivity contribution in [2.45, 2.75) is 23.3 Å². The number of nitrogens with zero attached hydrogens (tertiary/aromatic N) is 1. The number of hydrogen-bond acceptors (Lipinski definition) is 4. The average molecular weight is 528 g/mol. The van der Waals surface area contributed by atoms with Gasteiger partial charge in [-0.25, -0.2) is 8.42 Å². The van der Waals surface area contributed by atoms with Crippen LogP contribution in [0.25, 0.3) is 6.08 Å². The zero-order valence-corrected chi connectivity index (χ0v) is 21.9. The highest BCUT2D eigenvalue weighted by molar-refractivity contribution is 7.90. The van der Waals surface area contributed by atoms with Crippen molar-refractivity contribution >= 4 is 39.1 Å². The van der Waals surface area contributed by atoms with Crippen molar-refractivity contribution in [3.05, 3.63) is 105 Å². The Labute approximate surface area is 217 Å². The fraction of sp³-hybridized carbons (Fsp3) is 0.286. The maximum Gasteiger partial charge on any atom is 0.175 e. The molecule has 2 aliphatic heterocycles. The maximum atomic E-state index is 12.6. The Kier molecular flexibility index (Phi) is 7.06. The van der Waals surface area contributed by atoms with Crippen LogP contribution >= 0.6 is 23.2 Å². The quantitative estimate of drug-likeness (QED) is 0.430. The van der Waals surface area contributed by atoms with Crippen molar-refractivity contribution in [1.29, 1.82) is 0 Å². The van der Waals surface area contributed by atoms with E-state index in [1.807, 2.05) is 42.5 Å². The summed E-state index contributed by atoms with van der Waals surface area (Å²) >= 11 is 12.3. The highest BCUT2D eigenvalue weighted by Gasteiger charge is 2.30. The van der Waals surface area contributed by atoms with Crippen LogP contribution in [-0.4, -0.2) is 45.8 Å². The van der Waals surface area contributed by atoms with Gasteiger partial charge in [-0.2, -0.15) is 0 Å². The molecule has 2 fully saturated rings.